The van der Waals surface area contributed by atoms with Gasteiger partial charge >= 0.3 is 5.97 Å². The summed E-state index contributed by atoms with van der Waals surface area (Å²) in [5.41, 5.74) is 1.95. The number of carbonyl (C=O) groups excluding carboxylic acids is 1. The maximum Gasteiger partial charge on any atom is 0.309 e. The summed E-state index contributed by atoms with van der Waals surface area (Å²) in [5.74, 6) is 1.29. The third kappa shape index (κ3) is 3.61. The van der Waals surface area contributed by atoms with Crippen molar-refractivity contribution in [2.45, 2.75) is 13.3 Å². The Morgan fingerprint density at radius 1 is 1.15 bits per heavy atom. The zero-order valence-electron chi connectivity index (χ0n) is 11.4. The van der Waals surface area contributed by atoms with E-state index in [9.17, 15) is 4.79 Å². The SMILES string of the molecule is COC(=O)Cc1ccc(Oc2cccc(Br)c2C)cc1. The van der Waals surface area contributed by atoms with Crippen molar-refractivity contribution in [3.05, 3.63) is 58.1 Å². The van der Waals surface area contributed by atoms with E-state index >= 15 is 0 Å². The van der Waals surface area contributed by atoms with Crippen molar-refractivity contribution in [1.82, 2.24) is 0 Å². The smallest absolute Gasteiger partial charge is 0.309 e. The Morgan fingerprint density at radius 2 is 1.85 bits per heavy atom. The first-order valence-electron chi connectivity index (χ1n) is 6.19. The van der Waals surface area contributed by atoms with Crippen molar-refractivity contribution in [3.63, 3.8) is 0 Å². The van der Waals surface area contributed by atoms with Crippen LogP contribution in [0.4, 0.5) is 0 Å². The summed E-state index contributed by atoms with van der Waals surface area (Å²) >= 11 is 3.47. The molecule has 0 aromatic heterocycles. The van der Waals surface area contributed by atoms with Crippen molar-refractivity contribution in [2.75, 3.05) is 7.11 Å². The summed E-state index contributed by atoms with van der Waals surface area (Å²) in [4.78, 5) is 11.2. The van der Waals surface area contributed by atoms with E-state index in [1.54, 1.807) is 0 Å². The van der Waals surface area contributed by atoms with Gasteiger partial charge in [-0.15, -0.1) is 0 Å². The van der Waals surface area contributed by atoms with Gasteiger partial charge in [-0.05, 0) is 36.8 Å². The standard InChI is InChI=1S/C16H15BrO3/c1-11-14(17)4-3-5-15(11)20-13-8-6-12(7-9-13)10-16(18)19-2/h3-9H,10H2,1-2H3. The molecule has 104 valence electrons. The van der Waals surface area contributed by atoms with Crippen LogP contribution in [-0.4, -0.2) is 13.1 Å². The van der Waals surface area contributed by atoms with Gasteiger partial charge in [0.15, 0.2) is 0 Å². The topological polar surface area (TPSA) is 35.5 Å². The van der Waals surface area contributed by atoms with Crippen LogP contribution in [0.5, 0.6) is 11.5 Å². The van der Waals surface area contributed by atoms with Crippen molar-refractivity contribution in [2.24, 2.45) is 0 Å². The molecule has 0 aliphatic heterocycles. The highest BCUT2D eigenvalue weighted by molar-refractivity contribution is 9.10. The Balaban J connectivity index is 2.11. The van der Waals surface area contributed by atoms with E-state index in [1.807, 2.05) is 49.4 Å². The van der Waals surface area contributed by atoms with Crippen LogP contribution in [0.3, 0.4) is 0 Å². The number of carbonyl (C=O) groups is 1. The molecular formula is C16H15BrO3. The zero-order valence-corrected chi connectivity index (χ0v) is 12.9. The second kappa shape index (κ2) is 6.57. The van der Waals surface area contributed by atoms with E-state index in [0.29, 0.717) is 0 Å². The van der Waals surface area contributed by atoms with Crippen molar-refractivity contribution in [3.8, 4) is 11.5 Å². The number of ether oxygens (including phenoxy) is 2. The molecule has 0 heterocycles. The third-order valence-corrected chi connectivity index (χ3v) is 3.80. The van der Waals surface area contributed by atoms with Gasteiger partial charge in [0.05, 0.1) is 13.5 Å². The van der Waals surface area contributed by atoms with Crippen molar-refractivity contribution in [1.29, 1.82) is 0 Å². The normalized spacial score (nSPS) is 10.2. The minimum atomic E-state index is -0.249. The van der Waals surface area contributed by atoms with Crippen LogP contribution in [0.2, 0.25) is 0 Å². The van der Waals surface area contributed by atoms with Crippen LogP contribution in [0.15, 0.2) is 46.9 Å². The fraction of sp³-hybridized carbons (Fsp3) is 0.188. The van der Waals surface area contributed by atoms with Gasteiger partial charge in [0.25, 0.3) is 0 Å². The Labute approximate surface area is 126 Å². The molecule has 0 N–H and O–H groups in total. The van der Waals surface area contributed by atoms with Crippen molar-refractivity contribution < 1.29 is 14.3 Å². The number of rotatable bonds is 4. The van der Waals surface area contributed by atoms with E-state index in [0.717, 1.165) is 27.1 Å². The highest BCUT2D eigenvalue weighted by Gasteiger charge is 2.06. The van der Waals surface area contributed by atoms with Gasteiger partial charge in [-0.1, -0.05) is 34.1 Å². The number of hydrogen-bond donors (Lipinski definition) is 0. The average Bonchev–Trinajstić information content (AvgIpc) is 2.46. The molecule has 2 rings (SSSR count). The molecule has 2 aromatic rings. The lowest BCUT2D eigenvalue weighted by Crippen LogP contribution is -2.04. The van der Waals surface area contributed by atoms with Crippen LogP contribution in [-0.2, 0) is 16.0 Å². The van der Waals surface area contributed by atoms with Gasteiger partial charge in [0, 0.05) is 10.0 Å². The highest BCUT2D eigenvalue weighted by atomic mass is 79.9. The van der Waals surface area contributed by atoms with Crippen molar-refractivity contribution >= 4 is 21.9 Å². The van der Waals surface area contributed by atoms with Crippen LogP contribution in [0.25, 0.3) is 0 Å². The Morgan fingerprint density at radius 3 is 2.50 bits per heavy atom. The monoisotopic (exact) mass is 334 g/mol. The molecule has 0 bridgehead atoms. The fourth-order valence-corrected chi connectivity index (χ4v) is 2.09. The average molecular weight is 335 g/mol. The summed E-state index contributed by atoms with van der Waals surface area (Å²) in [6.07, 6.45) is 0.271. The lowest BCUT2D eigenvalue weighted by atomic mass is 10.1. The summed E-state index contributed by atoms with van der Waals surface area (Å²) in [6, 6.07) is 13.2. The number of benzene rings is 2. The Bertz CT molecular complexity index is 606. The fourth-order valence-electron chi connectivity index (χ4n) is 1.74. The predicted molar refractivity (Wildman–Crippen MR) is 81.1 cm³/mol. The van der Waals surface area contributed by atoms with Crippen LogP contribution < -0.4 is 4.74 Å². The summed E-state index contributed by atoms with van der Waals surface area (Å²) in [7, 11) is 1.38. The lowest BCUT2D eigenvalue weighted by molar-refractivity contribution is -0.139. The molecule has 0 fully saturated rings. The summed E-state index contributed by atoms with van der Waals surface area (Å²) in [5, 5.41) is 0. The second-order valence-corrected chi connectivity index (χ2v) is 5.22. The maximum absolute atomic E-state index is 11.2. The van der Waals surface area contributed by atoms with E-state index in [2.05, 4.69) is 20.7 Å². The first-order valence-corrected chi connectivity index (χ1v) is 6.98. The molecule has 3 nitrogen and oxygen atoms in total. The molecule has 0 saturated heterocycles. The molecule has 0 aliphatic rings. The number of halogens is 1. The quantitative estimate of drug-likeness (QED) is 0.783. The lowest BCUT2D eigenvalue weighted by Gasteiger charge is -2.10. The van der Waals surface area contributed by atoms with E-state index in [4.69, 9.17) is 4.74 Å². The second-order valence-electron chi connectivity index (χ2n) is 4.36. The van der Waals surface area contributed by atoms with Gasteiger partial charge in [0.2, 0.25) is 0 Å². The van der Waals surface area contributed by atoms with Gasteiger partial charge in [0.1, 0.15) is 11.5 Å². The molecule has 4 heteroatoms. The van der Waals surface area contributed by atoms with Crippen LogP contribution in [0, 0.1) is 6.92 Å². The molecule has 0 amide bonds. The Kier molecular flexibility index (Phi) is 4.79. The molecule has 0 radical (unpaired) electrons. The first kappa shape index (κ1) is 14.6. The van der Waals surface area contributed by atoms with E-state index in [1.165, 1.54) is 7.11 Å². The van der Waals surface area contributed by atoms with Gasteiger partial charge in [-0.2, -0.15) is 0 Å². The third-order valence-electron chi connectivity index (χ3n) is 2.95. The molecule has 0 atom stereocenters. The van der Waals surface area contributed by atoms with E-state index in [-0.39, 0.29) is 12.4 Å². The molecule has 0 unspecified atom stereocenters. The molecule has 0 aliphatic carbocycles. The Hall–Kier alpha value is -1.81. The number of hydrogen-bond acceptors (Lipinski definition) is 3. The molecule has 0 saturated carbocycles. The maximum atomic E-state index is 11.2. The molecular weight excluding hydrogens is 320 g/mol. The van der Waals surface area contributed by atoms with Gasteiger partial charge < -0.3 is 9.47 Å². The predicted octanol–water partition coefficient (Wildman–Crippen LogP) is 4.27. The minimum absolute atomic E-state index is 0.249. The number of esters is 1. The van der Waals surface area contributed by atoms with Gasteiger partial charge in [-0.3, -0.25) is 4.79 Å². The zero-order chi connectivity index (χ0) is 14.5. The molecule has 20 heavy (non-hydrogen) atoms. The highest BCUT2D eigenvalue weighted by Crippen LogP contribution is 2.29. The van der Waals surface area contributed by atoms with E-state index < -0.39 is 0 Å². The van der Waals surface area contributed by atoms with Crippen LogP contribution >= 0.6 is 15.9 Å². The minimum Gasteiger partial charge on any atom is -0.469 e. The first-order chi connectivity index (χ1) is 9.60. The molecule has 2 aromatic carbocycles. The summed E-state index contributed by atoms with van der Waals surface area (Å²) in [6.45, 7) is 1.99. The summed E-state index contributed by atoms with van der Waals surface area (Å²) < 4.78 is 11.5. The largest absolute Gasteiger partial charge is 0.469 e. The van der Waals surface area contributed by atoms with Crippen LogP contribution in [0.1, 0.15) is 11.1 Å². The number of methoxy groups -OCH3 is 1. The molecule has 0 spiro atoms. The van der Waals surface area contributed by atoms with Gasteiger partial charge in [-0.25, -0.2) is 0 Å².